The van der Waals surface area contributed by atoms with E-state index in [9.17, 15) is 4.39 Å². The number of rotatable bonds is 2. The van der Waals surface area contributed by atoms with E-state index in [0.29, 0.717) is 15.9 Å². The Balaban J connectivity index is 3.20. The van der Waals surface area contributed by atoms with Gasteiger partial charge in [0.25, 0.3) is 0 Å². The van der Waals surface area contributed by atoms with Gasteiger partial charge in [0.15, 0.2) is 0 Å². The fourth-order valence-corrected chi connectivity index (χ4v) is 1.56. The molecule has 13 heavy (non-hydrogen) atoms. The second kappa shape index (κ2) is 3.97. The van der Waals surface area contributed by atoms with Gasteiger partial charge in [0.05, 0.1) is 0 Å². The van der Waals surface area contributed by atoms with Gasteiger partial charge in [-0.25, -0.2) is 4.39 Å². The van der Waals surface area contributed by atoms with Gasteiger partial charge in [0, 0.05) is 15.8 Å². The van der Waals surface area contributed by atoms with Crippen LogP contribution in [0, 0.1) is 5.82 Å². The third-order valence-electron chi connectivity index (χ3n) is 1.99. The molecule has 1 aromatic carbocycles. The van der Waals surface area contributed by atoms with Crippen molar-refractivity contribution in [3.63, 3.8) is 0 Å². The Kier molecular flexibility index (Phi) is 3.36. The molecule has 0 saturated heterocycles. The van der Waals surface area contributed by atoms with Crippen molar-refractivity contribution in [2.45, 2.75) is 19.3 Å². The smallest absolute Gasteiger partial charge is 0.127 e. The van der Waals surface area contributed by atoms with E-state index in [0.717, 1.165) is 0 Å². The van der Waals surface area contributed by atoms with E-state index in [4.69, 9.17) is 11.6 Å². The summed E-state index contributed by atoms with van der Waals surface area (Å²) in [6, 6.07) is 4.64. The number of hydrogen-bond acceptors (Lipinski definition) is 0. The van der Waals surface area contributed by atoms with Crippen LogP contribution in [-0.4, -0.2) is 5.33 Å². The summed E-state index contributed by atoms with van der Waals surface area (Å²) < 4.78 is 13.4. The SMILES string of the molecule is CC(C)(CBr)c1cc(Cl)ccc1F. The van der Waals surface area contributed by atoms with Crippen LogP contribution in [0.2, 0.25) is 5.02 Å². The van der Waals surface area contributed by atoms with E-state index in [1.165, 1.54) is 6.07 Å². The topological polar surface area (TPSA) is 0 Å². The summed E-state index contributed by atoms with van der Waals surface area (Å²) in [5.74, 6) is -0.200. The molecule has 0 aliphatic heterocycles. The lowest BCUT2D eigenvalue weighted by molar-refractivity contribution is 0.532. The molecule has 72 valence electrons. The lowest BCUT2D eigenvalue weighted by Crippen LogP contribution is -2.20. The van der Waals surface area contributed by atoms with E-state index in [2.05, 4.69) is 15.9 Å². The average Bonchev–Trinajstić information content (AvgIpc) is 2.09. The van der Waals surface area contributed by atoms with Gasteiger partial charge < -0.3 is 0 Å². The van der Waals surface area contributed by atoms with Crippen molar-refractivity contribution in [2.24, 2.45) is 0 Å². The zero-order valence-corrected chi connectivity index (χ0v) is 9.91. The Morgan fingerprint density at radius 3 is 2.62 bits per heavy atom. The summed E-state index contributed by atoms with van der Waals surface area (Å²) in [4.78, 5) is 0. The summed E-state index contributed by atoms with van der Waals surface area (Å²) in [6.45, 7) is 3.94. The molecule has 1 aromatic rings. The van der Waals surface area contributed by atoms with Gasteiger partial charge >= 0.3 is 0 Å². The molecule has 0 unspecified atom stereocenters. The van der Waals surface area contributed by atoms with Crippen LogP contribution in [0.15, 0.2) is 18.2 Å². The molecule has 0 radical (unpaired) electrons. The Labute approximate surface area is 91.2 Å². The zero-order valence-electron chi connectivity index (χ0n) is 7.57. The highest BCUT2D eigenvalue weighted by atomic mass is 79.9. The van der Waals surface area contributed by atoms with Crippen molar-refractivity contribution in [3.8, 4) is 0 Å². The second-order valence-corrected chi connectivity index (χ2v) is 4.64. The maximum absolute atomic E-state index is 13.4. The molecule has 0 heterocycles. The molecule has 0 atom stereocenters. The van der Waals surface area contributed by atoms with E-state index >= 15 is 0 Å². The van der Waals surface area contributed by atoms with Gasteiger partial charge in [-0.15, -0.1) is 0 Å². The first-order valence-corrected chi connectivity index (χ1v) is 5.49. The van der Waals surface area contributed by atoms with Crippen LogP contribution in [0.25, 0.3) is 0 Å². The molecular formula is C10H11BrClF. The average molecular weight is 266 g/mol. The van der Waals surface area contributed by atoms with Gasteiger partial charge in [-0.3, -0.25) is 0 Å². The van der Waals surface area contributed by atoms with E-state index in [1.54, 1.807) is 12.1 Å². The number of alkyl halides is 1. The monoisotopic (exact) mass is 264 g/mol. The highest BCUT2D eigenvalue weighted by Crippen LogP contribution is 2.29. The van der Waals surface area contributed by atoms with Crippen LogP contribution in [0.1, 0.15) is 19.4 Å². The number of halogens is 3. The van der Waals surface area contributed by atoms with E-state index < -0.39 is 0 Å². The minimum Gasteiger partial charge on any atom is -0.207 e. The lowest BCUT2D eigenvalue weighted by Gasteiger charge is -2.22. The molecule has 0 aliphatic carbocycles. The highest BCUT2D eigenvalue weighted by molar-refractivity contribution is 9.09. The number of benzene rings is 1. The molecule has 0 N–H and O–H groups in total. The second-order valence-electron chi connectivity index (χ2n) is 3.64. The largest absolute Gasteiger partial charge is 0.207 e. The van der Waals surface area contributed by atoms with Crippen molar-refractivity contribution in [1.82, 2.24) is 0 Å². The zero-order chi connectivity index (χ0) is 10.1. The molecule has 0 aliphatic rings. The number of hydrogen-bond donors (Lipinski definition) is 0. The minimum atomic E-state index is -0.227. The van der Waals surface area contributed by atoms with Crippen LogP contribution < -0.4 is 0 Å². The van der Waals surface area contributed by atoms with Crippen LogP contribution in [0.3, 0.4) is 0 Å². The van der Waals surface area contributed by atoms with Crippen LogP contribution >= 0.6 is 27.5 Å². The Morgan fingerprint density at radius 1 is 1.46 bits per heavy atom. The van der Waals surface area contributed by atoms with Crippen LogP contribution in [0.5, 0.6) is 0 Å². The molecule has 0 amide bonds. The lowest BCUT2D eigenvalue weighted by atomic mass is 9.87. The first-order chi connectivity index (χ1) is 5.97. The first kappa shape index (κ1) is 11.0. The Bertz CT molecular complexity index is 310. The maximum atomic E-state index is 13.4. The Morgan fingerprint density at radius 2 is 2.08 bits per heavy atom. The fourth-order valence-electron chi connectivity index (χ4n) is 1.09. The van der Waals surface area contributed by atoms with Crippen molar-refractivity contribution < 1.29 is 4.39 Å². The van der Waals surface area contributed by atoms with Gasteiger partial charge in [0.1, 0.15) is 5.82 Å². The summed E-state index contributed by atoms with van der Waals surface area (Å²) in [7, 11) is 0. The van der Waals surface area contributed by atoms with Crippen LogP contribution in [-0.2, 0) is 5.41 Å². The van der Waals surface area contributed by atoms with Gasteiger partial charge in [-0.2, -0.15) is 0 Å². The highest BCUT2D eigenvalue weighted by Gasteiger charge is 2.22. The van der Waals surface area contributed by atoms with Crippen LogP contribution in [0.4, 0.5) is 4.39 Å². The molecule has 0 saturated carbocycles. The van der Waals surface area contributed by atoms with E-state index in [1.807, 2.05) is 13.8 Å². The van der Waals surface area contributed by atoms with Crippen molar-refractivity contribution in [3.05, 3.63) is 34.6 Å². The standard InChI is InChI=1S/C10H11BrClF/c1-10(2,6-11)8-5-7(12)3-4-9(8)13/h3-5H,6H2,1-2H3. The molecule has 0 bridgehead atoms. The van der Waals surface area contributed by atoms with Crippen molar-refractivity contribution >= 4 is 27.5 Å². The normalized spacial score (nSPS) is 11.8. The molecular weight excluding hydrogens is 254 g/mol. The molecule has 1 rings (SSSR count). The van der Waals surface area contributed by atoms with E-state index in [-0.39, 0.29) is 11.2 Å². The molecule has 3 heteroatoms. The predicted octanol–water partition coefficient (Wildman–Crippen LogP) is 4.15. The quantitative estimate of drug-likeness (QED) is 0.705. The third-order valence-corrected chi connectivity index (χ3v) is 3.63. The molecule has 0 nitrogen and oxygen atoms in total. The van der Waals surface area contributed by atoms with Crippen molar-refractivity contribution in [2.75, 3.05) is 5.33 Å². The minimum absolute atomic E-state index is 0.200. The Hall–Kier alpha value is -0.0800. The van der Waals surface area contributed by atoms with Gasteiger partial charge in [-0.05, 0) is 23.8 Å². The predicted molar refractivity (Wildman–Crippen MR) is 58.2 cm³/mol. The third kappa shape index (κ3) is 2.44. The maximum Gasteiger partial charge on any atom is 0.127 e. The molecule has 0 fully saturated rings. The van der Waals surface area contributed by atoms with Crippen molar-refractivity contribution in [1.29, 1.82) is 0 Å². The summed E-state index contributed by atoms with van der Waals surface area (Å²) in [5.41, 5.74) is 0.423. The summed E-state index contributed by atoms with van der Waals surface area (Å²) in [6.07, 6.45) is 0. The molecule has 0 aromatic heterocycles. The first-order valence-electron chi connectivity index (χ1n) is 3.99. The van der Waals surface area contributed by atoms with Gasteiger partial charge in [-0.1, -0.05) is 41.4 Å². The summed E-state index contributed by atoms with van der Waals surface area (Å²) in [5, 5.41) is 1.28. The fraction of sp³-hybridized carbons (Fsp3) is 0.400. The van der Waals surface area contributed by atoms with Gasteiger partial charge in [0.2, 0.25) is 0 Å². The summed E-state index contributed by atoms with van der Waals surface area (Å²) >= 11 is 9.15. The molecule has 0 spiro atoms.